The predicted molar refractivity (Wildman–Crippen MR) is 135 cm³/mol. The summed E-state index contributed by atoms with van der Waals surface area (Å²) in [6.45, 7) is 17.1. The molecule has 0 saturated carbocycles. The molecule has 0 aliphatic carbocycles. The van der Waals surface area contributed by atoms with Crippen LogP contribution in [0.25, 0.3) is 0 Å². The van der Waals surface area contributed by atoms with Gasteiger partial charge in [-0.3, -0.25) is 14.7 Å². The van der Waals surface area contributed by atoms with Gasteiger partial charge in [0.15, 0.2) is 0 Å². The molecular formula is C23H38N6O6. The van der Waals surface area contributed by atoms with Crippen molar-refractivity contribution in [3.05, 3.63) is 50.6 Å². The first-order valence-corrected chi connectivity index (χ1v) is 10.9. The first kappa shape index (κ1) is 30.2. The second kappa shape index (κ2) is 19.4. The van der Waals surface area contributed by atoms with Crippen molar-refractivity contribution >= 4 is 17.8 Å². The van der Waals surface area contributed by atoms with Crippen molar-refractivity contribution in [3.63, 3.8) is 0 Å². The van der Waals surface area contributed by atoms with Gasteiger partial charge in [0.1, 0.15) is 40.4 Å². The average Bonchev–Trinajstić information content (AvgIpc) is 2.87. The summed E-state index contributed by atoms with van der Waals surface area (Å²) in [7, 11) is 3.14. The van der Waals surface area contributed by atoms with Crippen LogP contribution in [-0.4, -0.2) is 96.0 Å². The molecule has 0 radical (unpaired) electrons. The molecular weight excluding hydrogens is 456 g/mol. The molecule has 0 N–H and O–H groups in total. The SMILES string of the molecule is C=CCOCN(COCC=C)c1nc(N(COC)COC)nc(N(COCC=C)COCC=C)n1. The van der Waals surface area contributed by atoms with E-state index in [9.17, 15) is 0 Å². The lowest BCUT2D eigenvalue weighted by molar-refractivity contribution is 0.105. The van der Waals surface area contributed by atoms with Crippen LogP contribution >= 0.6 is 0 Å². The quantitative estimate of drug-likeness (QED) is 0.126. The first-order valence-electron chi connectivity index (χ1n) is 10.9. The van der Waals surface area contributed by atoms with Gasteiger partial charge in [0.05, 0.1) is 26.4 Å². The Morgan fingerprint density at radius 3 is 1.00 bits per heavy atom. The summed E-state index contributed by atoms with van der Waals surface area (Å²) in [6, 6.07) is 0. The first-order chi connectivity index (χ1) is 17.1. The average molecular weight is 495 g/mol. The number of ether oxygens (including phenoxy) is 6. The molecule has 1 aromatic rings. The normalized spacial score (nSPS) is 10.6. The van der Waals surface area contributed by atoms with E-state index in [1.54, 1.807) is 53.2 Å². The lowest BCUT2D eigenvalue weighted by Crippen LogP contribution is -2.36. The second-order valence-corrected chi connectivity index (χ2v) is 6.84. The van der Waals surface area contributed by atoms with Crippen LogP contribution in [0.1, 0.15) is 0 Å². The molecule has 0 aromatic carbocycles. The summed E-state index contributed by atoms with van der Waals surface area (Å²) in [4.78, 5) is 19.0. The maximum Gasteiger partial charge on any atom is 0.235 e. The number of aromatic nitrogens is 3. The fourth-order valence-corrected chi connectivity index (χ4v) is 2.52. The van der Waals surface area contributed by atoms with Crippen LogP contribution in [0.2, 0.25) is 0 Å². The fourth-order valence-electron chi connectivity index (χ4n) is 2.52. The van der Waals surface area contributed by atoms with Crippen molar-refractivity contribution in [2.75, 3.05) is 95.7 Å². The van der Waals surface area contributed by atoms with Crippen molar-refractivity contribution in [3.8, 4) is 0 Å². The molecule has 0 aliphatic rings. The van der Waals surface area contributed by atoms with Crippen LogP contribution in [0, 0.1) is 0 Å². The number of rotatable bonds is 23. The molecule has 12 nitrogen and oxygen atoms in total. The van der Waals surface area contributed by atoms with Gasteiger partial charge in [-0.15, -0.1) is 26.3 Å². The highest BCUT2D eigenvalue weighted by Crippen LogP contribution is 2.20. The minimum atomic E-state index is 0.153. The second-order valence-electron chi connectivity index (χ2n) is 6.84. The zero-order valence-corrected chi connectivity index (χ0v) is 20.8. The van der Waals surface area contributed by atoms with E-state index >= 15 is 0 Å². The molecule has 0 unspecified atom stereocenters. The van der Waals surface area contributed by atoms with E-state index in [2.05, 4.69) is 41.3 Å². The molecule has 0 fully saturated rings. The lowest BCUT2D eigenvalue weighted by atomic mass is 10.6. The van der Waals surface area contributed by atoms with E-state index < -0.39 is 0 Å². The van der Waals surface area contributed by atoms with Crippen molar-refractivity contribution in [1.82, 2.24) is 15.0 Å². The van der Waals surface area contributed by atoms with Crippen LogP contribution in [-0.2, 0) is 28.4 Å². The maximum absolute atomic E-state index is 5.64. The Bertz CT molecular complexity index is 669. The summed E-state index contributed by atoms with van der Waals surface area (Å²) < 4.78 is 33.2. The number of hydrogen-bond donors (Lipinski definition) is 0. The zero-order valence-electron chi connectivity index (χ0n) is 20.8. The Morgan fingerprint density at radius 1 is 0.514 bits per heavy atom. The molecule has 0 amide bonds. The van der Waals surface area contributed by atoms with Crippen molar-refractivity contribution < 1.29 is 28.4 Å². The number of hydrogen-bond acceptors (Lipinski definition) is 12. The minimum Gasteiger partial charge on any atom is -0.364 e. The Hall–Kier alpha value is -2.87. The summed E-state index contributed by atoms with van der Waals surface area (Å²) in [6.07, 6.45) is 6.62. The lowest BCUT2D eigenvalue weighted by Gasteiger charge is -2.28. The Kier molecular flexibility index (Phi) is 16.8. The van der Waals surface area contributed by atoms with Gasteiger partial charge in [-0.2, -0.15) is 15.0 Å². The smallest absolute Gasteiger partial charge is 0.235 e. The van der Waals surface area contributed by atoms with E-state index in [4.69, 9.17) is 28.4 Å². The van der Waals surface area contributed by atoms with E-state index in [1.165, 1.54) is 0 Å². The molecule has 12 heteroatoms. The van der Waals surface area contributed by atoms with Gasteiger partial charge in [-0.1, -0.05) is 24.3 Å². The summed E-state index contributed by atoms with van der Waals surface area (Å²) >= 11 is 0. The van der Waals surface area contributed by atoms with Gasteiger partial charge in [0, 0.05) is 14.2 Å². The van der Waals surface area contributed by atoms with Crippen LogP contribution in [0.3, 0.4) is 0 Å². The maximum atomic E-state index is 5.64. The molecule has 0 bridgehead atoms. The number of methoxy groups -OCH3 is 2. The largest absolute Gasteiger partial charge is 0.364 e. The highest BCUT2D eigenvalue weighted by Gasteiger charge is 2.21. The third kappa shape index (κ3) is 11.9. The molecule has 1 aromatic heterocycles. The summed E-state index contributed by atoms with van der Waals surface area (Å²) in [5.74, 6) is 0.948. The monoisotopic (exact) mass is 494 g/mol. The van der Waals surface area contributed by atoms with Gasteiger partial charge < -0.3 is 28.4 Å². The third-order valence-electron chi connectivity index (χ3n) is 3.95. The fraction of sp³-hybridized carbons (Fsp3) is 0.522. The standard InChI is InChI=1S/C23H38N6O6/c1-7-11-32-17-28(18-33-12-8-2)22-24-21(27(15-30-5)16-31-6)25-23(26-22)29(19-34-13-9-3)20-35-14-10-4/h7-10H,1-4,11-20H2,5-6H3. The van der Waals surface area contributed by atoms with E-state index in [0.29, 0.717) is 44.3 Å². The summed E-state index contributed by atoms with van der Waals surface area (Å²) in [5.41, 5.74) is 0. The van der Waals surface area contributed by atoms with E-state index in [1.807, 2.05) is 0 Å². The third-order valence-corrected chi connectivity index (χ3v) is 3.95. The molecule has 0 atom stereocenters. The van der Waals surface area contributed by atoms with Crippen molar-refractivity contribution in [1.29, 1.82) is 0 Å². The van der Waals surface area contributed by atoms with Crippen LogP contribution in [0.5, 0.6) is 0 Å². The molecule has 0 saturated heterocycles. The molecule has 0 spiro atoms. The van der Waals surface area contributed by atoms with Crippen molar-refractivity contribution in [2.24, 2.45) is 0 Å². The molecule has 35 heavy (non-hydrogen) atoms. The van der Waals surface area contributed by atoms with Crippen LogP contribution in [0.4, 0.5) is 17.8 Å². The molecule has 1 rings (SSSR count). The number of anilines is 3. The van der Waals surface area contributed by atoms with Crippen LogP contribution in [0.15, 0.2) is 50.6 Å². The van der Waals surface area contributed by atoms with Crippen molar-refractivity contribution in [2.45, 2.75) is 0 Å². The van der Waals surface area contributed by atoms with Crippen LogP contribution < -0.4 is 14.7 Å². The van der Waals surface area contributed by atoms with E-state index in [0.717, 1.165) is 0 Å². The Morgan fingerprint density at radius 2 is 0.771 bits per heavy atom. The zero-order chi connectivity index (χ0) is 25.7. The molecule has 0 aliphatic heterocycles. The van der Waals surface area contributed by atoms with E-state index in [-0.39, 0.29) is 40.4 Å². The predicted octanol–water partition coefficient (Wildman–Crippen LogP) is 2.14. The van der Waals surface area contributed by atoms with Gasteiger partial charge in [0.25, 0.3) is 0 Å². The molecule has 1 heterocycles. The van der Waals surface area contributed by atoms with Gasteiger partial charge >= 0.3 is 0 Å². The minimum absolute atomic E-state index is 0.153. The van der Waals surface area contributed by atoms with Gasteiger partial charge in [-0.25, -0.2) is 0 Å². The number of nitrogens with zero attached hydrogens (tertiary/aromatic N) is 6. The Balaban J connectivity index is 3.44. The topological polar surface area (TPSA) is 104 Å². The van der Waals surface area contributed by atoms with Gasteiger partial charge in [0.2, 0.25) is 17.8 Å². The highest BCUT2D eigenvalue weighted by molar-refractivity contribution is 5.45. The molecule has 196 valence electrons. The van der Waals surface area contributed by atoms with Gasteiger partial charge in [-0.05, 0) is 0 Å². The summed E-state index contributed by atoms with van der Waals surface area (Å²) in [5, 5.41) is 0. The Labute approximate surface area is 208 Å². The highest BCUT2D eigenvalue weighted by atomic mass is 16.5.